The maximum Gasteiger partial charge on any atom is 0.128 e. The monoisotopic (exact) mass is 281 g/mol. The first-order valence-corrected chi connectivity index (χ1v) is 6.92. The van der Waals surface area contributed by atoms with E-state index < -0.39 is 0 Å². The zero-order valence-electron chi connectivity index (χ0n) is 9.64. The third kappa shape index (κ3) is 3.25. The third-order valence-corrected chi connectivity index (χ3v) is 4.19. The Bertz CT molecular complexity index is 533. The van der Waals surface area contributed by atoms with Gasteiger partial charge in [-0.2, -0.15) is 0 Å². The topological polar surface area (TPSA) is 26.0 Å². The van der Waals surface area contributed by atoms with Crippen LogP contribution in [-0.4, -0.2) is 5.75 Å². The summed E-state index contributed by atoms with van der Waals surface area (Å²) in [6.45, 7) is 0. The van der Waals surface area contributed by atoms with Crippen molar-refractivity contribution in [2.24, 2.45) is 5.73 Å². The van der Waals surface area contributed by atoms with Gasteiger partial charge in [-0.1, -0.05) is 41.9 Å². The molecular formula is C14H13ClFNS. The summed E-state index contributed by atoms with van der Waals surface area (Å²) < 4.78 is 13.5. The summed E-state index contributed by atoms with van der Waals surface area (Å²) in [4.78, 5) is 0.964. The summed E-state index contributed by atoms with van der Waals surface area (Å²) in [5.41, 5.74) is 6.53. The maximum atomic E-state index is 13.5. The molecule has 94 valence electrons. The molecule has 0 saturated carbocycles. The van der Waals surface area contributed by atoms with E-state index in [0.29, 0.717) is 16.3 Å². The van der Waals surface area contributed by atoms with Gasteiger partial charge in [0.05, 0.1) is 5.02 Å². The van der Waals surface area contributed by atoms with Gasteiger partial charge >= 0.3 is 0 Å². The number of hydrogen-bond acceptors (Lipinski definition) is 2. The Morgan fingerprint density at radius 3 is 2.50 bits per heavy atom. The molecular weight excluding hydrogens is 269 g/mol. The number of nitrogens with two attached hydrogens (primary N) is 1. The van der Waals surface area contributed by atoms with Crippen LogP contribution in [0.3, 0.4) is 0 Å². The zero-order valence-corrected chi connectivity index (χ0v) is 11.2. The molecule has 1 atom stereocenters. The minimum absolute atomic E-state index is 0.259. The van der Waals surface area contributed by atoms with Gasteiger partial charge in [-0.3, -0.25) is 0 Å². The third-order valence-electron chi connectivity index (χ3n) is 2.56. The molecule has 0 radical (unpaired) electrons. The van der Waals surface area contributed by atoms with Gasteiger partial charge in [-0.05, 0) is 18.2 Å². The second-order valence-corrected chi connectivity index (χ2v) is 5.34. The summed E-state index contributed by atoms with van der Waals surface area (Å²) >= 11 is 7.58. The van der Waals surface area contributed by atoms with Crippen molar-refractivity contribution in [1.82, 2.24) is 0 Å². The largest absolute Gasteiger partial charge is 0.323 e. The van der Waals surface area contributed by atoms with E-state index in [1.54, 1.807) is 18.2 Å². The molecule has 2 aromatic carbocycles. The second-order valence-electron chi connectivity index (χ2n) is 3.87. The van der Waals surface area contributed by atoms with Crippen molar-refractivity contribution in [2.45, 2.75) is 10.9 Å². The molecule has 0 heterocycles. The smallest absolute Gasteiger partial charge is 0.128 e. The fourth-order valence-corrected chi connectivity index (χ4v) is 2.83. The lowest BCUT2D eigenvalue weighted by Gasteiger charge is -2.13. The normalized spacial score (nSPS) is 12.4. The highest BCUT2D eigenvalue weighted by molar-refractivity contribution is 7.99. The fourth-order valence-electron chi connectivity index (χ4n) is 1.61. The molecule has 2 aromatic rings. The van der Waals surface area contributed by atoms with Gasteiger partial charge < -0.3 is 5.73 Å². The molecule has 1 nitrogen and oxygen atoms in total. The summed E-state index contributed by atoms with van der Waals surface area (Å²) in [6.07, 6.45) is 0. The molecule has 0 saturated heterocycles. The van der Waals surface area contributed by atoms with Crippen LogP contribution in [-0.2, 0) is 0 Å². The molecule has 0 amide bonds. The first kappa shape index (κ1) is 13.4. The van der Waals surface area contributed by atoms with E-state index in [1.807, 2.05) is 24.3 Å². The molecule has 0 spiro atoms. The lowest BCUT2D eigenvalue weighted by Crippen LogP contribution is -2.14. The number of halogens is 2. The van der Waals surface area contributed by atoms with Crippen molar-refractivity contribution in [3.8, 4) is 0 Å². The lowest BCUT2D eigenvalue weighted by molar-refractivity contribution is 0.595. The van der Waals surface area contributed by atoms with Crippen LogP contribution in [0.1, 0.15) is 11.6 Å². The molecule has 2 N–H and O–H groups in total. The van der Waals surface area contributed by atoms with E-state index in [4.69, 9.17) is 17.3 Å². The van der Waals surface area contributed by atoms with E-state index in [0.717, 1.165) is 4.90 Å². The van der Waals surface area contributed by atoms with Crippen LogP contribution in [0.2, 0.25) is 5.02 Å². The molecule has 0 aromatic heterocycles. The highest BCUT2D eigenvalue weighted by atomic mass is 35.5. The van der Waals surface area contributed by atoms with E-state index >= 15 is 0 Å². The Morgan fingerprint density at radius 2 is 1.78 bits per heavy atom. The SMILES string of the molecule is NC(CSc1ccccc1Cl)c1ccccc1F. The highest BCUT2D eigenvalue weighted by Crippen LogP contribution is 2.29. The first-order valence-electron chi connectivity index (χ1n) is 5.56. The standard InChI is InChI=1S/C14H13ClFNS/c15-11-6-2-4-8-14(11)18-9-13(17)10-5-1-3-7-12(10)16/h1-8,13H,9,17H2. The van der Waals surface area contributed by atoms with Crippen molar-refractivity contribution in [1.29, 1.82) is 0 Å². The van der Waals surface area contributed by atoms with Crippen LogP contribution in [0, 0.1) is 5.82 Å². The molecule has 2 rings (SSSR count). The molecule has 0 aliphatic rings. The number of benzene rings is 2. The Hall–Kier alpha value is -1.03. The molecule has 18 heavy (non-hydrogen) atoms. The molecule has 0 fully saturated rings. The lowest BCUT2D eigenvalue weighted by atomic mass is 10.1. The van der Waals surface area contributed by atoms with Crippen LogP contribution in [0.5, 0.6) is 0 Å². The fraction of sp³-hybridized carbons (Fsp3) is 0.143. The highest BCUT2D eigenvalue weighted by Gasteiger charge is 2.11. The Morgan fingerprint density at radius 1 is 1.11 bits per heavy atom. The number of thioether (sulfide) groups is 1. The predicted octanol–water partition coefficient (Wildman–Crippen LogP) is 4.27. The quantitative estimate of drug-likeness (QED) is 0.847. The number of hydrogen-bond donors (Lipinski definition) is 1. The van der Waals surface area contributed by atoms with Gasteiger partial charge in [0.1, 0.15) is 5.82 Å². The molecule has 0 bridgehead atoms. The van der Waals surface area contributed by atoms with Crippen molar-refractivity contribution in [3.05, 3.63) is 64.9 Å². The van der Waals surface area contributed by atoms with Crippen molar-refractivity contribution in [3.63, 3.8) is 0 Å². The van der Waals surface area contributed by atoms with Crippen LogP contribution >= 0.6 is 23.4 Å². The Labute approximate surface area is 115 Å². The second kappa shape index (κ2) is 6.23. The van der Waals surface area contributed by atoms with Gasteiger partial charge in [0.15, 0.2) is 0 Å². The Kier molecular flexibility index (Phi) is 4.64. The minimum atomic E-state index is -0.340. The summed E-state index contributed by atoms with van der Waals surface area (Å²) in [5.74, 6) is 0.328. The van der Waals surface area contributed by atoms with E-state index in [1.165, 1.54) is 17.8 Å². The first-order chi connectivity index (χ1) is 8.68. The van der Waals surface area contributed by atoms with Gasteiger partial charge in [-0.15, -0.1) is 11.8 Å². The summed E-state index contributed by atoms with van der Waals surface area (Å²) in [7, 11) is 0. The molecule has 1 unspecified atom stereocenters. The zero-order chi connectivity index (χ0) is 13.0. The van der Waals surface area contributed by atoms with Crippen molar-refractivity contribution >= 4 is 23.4 Å². The van der Waals surface area contributed by atoms with E-state index in [9.17, 15) is 4.39 Å². The van der Waals surface area contributed by atoms with Crippen molar-refractivity contribution < 1.29 is 4.39 Å². The Balaban J connectivity index is 2.03. The van der Waals surface area contributed by atoms with Gasteiger partial charge in [0, 0.05) is 22.3 Å². The summed E-state index contributed by atoms with van der Waals surface area (Å²) in [5, 5.41) is 0.697. The predicted molar refractivity (Wildman–Crippen MR) is 75.5 cm³/mol. The van der Waals surface area contributed by atoms with Crippen LogP contribution in [0.15, 0.2) is 53.4 Å². The van der Waals surface area contributed by atoms with E-state index in [-0.39, 0.29) is 11.9 Å². The van der Waals surface area contributed by atoms with Gasteiger partial charge in [0.25, 0.3) is 0 Å². The van der Waals surface area contributed by atoms with Crippen LogP contribution in [0.25, 0.3) is 0 Å². The van der Waals surface area contributed by atoms with Crippen LogP contribution < -0.4 is 5.73 Å². The average molecular weight is 282 g/mol. The van der Waals surface area contributed by atoms with Crippen molar-refractivity contribution in [2.75, 3.05) is 5.75 Å². The van der Waals surface area contributed by atoms with Gasteiger partial charge in [0.2, 0.25) is 0 Å². The summed E-state index contributed by atoms with van der Waals surface area (Å²) in [6, 6.07) is 13.8. The molecule has 0 aliphatic heterocycles. The van der Waals surface area contributed by atoms with Crippen LogP contribution in [0.4, 0.5) is 4.39 Å². The van der Waals surface area contributed by atoms with Gasteiger partial charge in [-0.25, -0.2) is 4.39 Å². The number of rotatable bonds is 4. The van der Waals surface area contributed by atoms with E-state index in [2.05, 4.69) is 0 Å². The minimum Gasteiger partial charge on any atom is -0.323 e. The maximum absolute atomic E-state index is 13.5. The average Bonchev–Trinajstić information content (AvgIpc) is 2.38. The molecule has 0 aliphatic carbocycles. The molecule has 4 heteroatoms.